The number of aromatic hydroxyl groups is 1. The van der Waals surface area contributed by atoms with E-state index in [1.54, 1.807) is 48.5 Å². The molecule has 1 aliphatic rings. The zero-order valence-electron chi connectivity index (χ0n) is 17.1. The maximum absolute atomic E-state index is 13.2. The number of phenolic OH excluding ortho intramolecular Hbond substituents is 1. The van der Waals surface area contributed by atoms with Crippen molar-refractivity contribution in [2.24, 2.45) is 0 Å². The Morgan fingerprint density at radius 1 is 0.871 bits per heavy atom. The molecule has 0 bridgehead atoms. The van der Waals surface area contributed by atoms with Crippen molar-refractivity contribution in [1.29, 1.82) is 0 Å². The van der Waals surface area contributed by atoms with Gasteiger partial charge in [-0.05, 0) is 85.0 Å². The number of fused-ring (bicyclic) bond motifs is 1. The molecule has 162 valence electrons. The minimum Gasteiger partial charge on any atom is -0.507 e. The lowest BCUT2D eigenvalue weighted by Gasteiger charge is -2.12. The summed E-state index contributed by atoms with van der Waals surface area (Å²) in [5.74, 6) is -0.191. The van der Waals surface area contributed by atoms with Crippen LogP contribution < -0.4 is 0 Å². The van der Waals surface area contributed by atoms with E-state index in [4.69, 9.17) is 23.2 Å². The molecule has 0 aromatic heterocycles. The molecule has 0 fully saturated rings. The average molecular weight is 476 g/mol. The first-order valence-electron chi connectivity index (χ1n) is 10.1. The third kappa shape index (κ3) is 4.75. The van der Waals surface area contributed by atoms with Gasteiger partial charge in [0, 0.05) is 13.1 Å². The number of halogens is 2. The van der Waals surface area contributed by atoms with Crippen LogP contribution in [0.3, 0.4) is 0 Å². The van der Waals surface area contributed by atoms with Crippen LogP contribution >= 0.6 is 23.2 Å². The number of nitrogens with zero attached hydrogens (tertiary/aromatic N) is 1. The molecule has 0 saturated carbocycles. The Kier molecular flexibility index (Phi) is 6.31. The van der Waals surface area contributed by atoms with Crippen molar-refractivity contribution in [3.63, 3.8) is 0 Å². The van der Waals surface area contributed by atoms with Gasteiger partial charge in [-0.15, -0.1) is 0 Å². The van der Waals surface area contributed by atoms with Crippen LogP contribution in [-0.2, 0) is 29.1 Å². The van der Waals surface area contributed by atoms with Gasteiger partial charge < -0.3 is 10.0 Å². The van der Waals surface area contributed by atoms with Gasteiger partial charge in [0.1, 0.15) is 10.6 Å². The van der Waals surface area contributed by atoms with Crippen molar-refractivity contribution in [3.05, 3.63) is 86.9 Å². The van der Waals surface area contributed by atoms with E-state index in [1.807, 2.05) is 13.1 Å². The maximum Gasteiger partial charge on any atom is 0.210 e. The van der Waals surface area contributed by atoms with E-state index in [0.29, 0.717) is 16.5 Å². The van der Waals surface area contributed by atoms with E-state index < -0.39 is 9.84 Å². The molecule has 3 aromatic carbocycles. The summed E-state index contributed by atoms with van der Waals surface area (Å²) < 4.78 is 26.5. The second-order valence-corrected chi connectivity index (χ2v) is 10.7. The number of hydrogen-bond acceptors (Lipinski definition) is 4. The second-order valence-electron chi connectivity index (χ2n) is 7.96. The minimum absolute atomic E-state index is 0.0342. The van der Waals surface area contributed by atoms with Gasteiger partial charge in [-0.3, -0.25) is 0 Å². The van der Waals surface area contributed by atoms with Crippen LogP contribution in [0.1, 0.15) is 22.3 Å². The normalized spacial score (nSPS) is 14.8. The highest BCUT2D eigenvalue weighted by Gasteiger charge is 2.24. The second kappa shape index (κ2) is 8.83. The molecule has 1 aliphatic heterocycles. The number of likely N-dealkylation sites (N-methyl/N-ethyl adjacent to an activating group) is 1. The summed E-state index contributed by atoms with van der Waals surface area (Å²) in [6.07, 6.45) is 2.16. The molecule has 0 spiro atoms. The summed E-state index contributed by atoms with van der Waals surface area (Å²) in [6.45, 7) is 1.75. The van der Waals surface area contributed by atoms with Crippen LogP contribution in [0.4, 0.5) is 0 Å². The smallest absolute Gasteiger partial charge is 0.210 e. The molecule has 4 nitrogen and oxygen atoms in total. The zero-order chi connectivity index (χ0) is 22.2. The first kappa shape index (κ1) is 22.2. The number of sulfone groups is 1. The molecule has 31 heavy (non-hydrogen) atoms. The highest BCUT2D eigenvalue weighted by atomic mass is 35.5. The summed E-state index contributed by atoms with van der Waals surface area (Å²) in [5, 5.41) is 11.5. The maximum atomic E-state index is 13.2. The van der Waals surface area contributed by atoms with Gasteiger partial charge in [-0.2, -0.15) is 0 Å². The van der Waals surface area contributed by atoms with Crippen LogP contribution in [0.5, 0.6) is 5.75 Å². The van der Waals surface area contributed by atoms with E-state index in [9.17, 15) is 13.5 Å². The summed E-state index contributed by atoms with van der Waals surface area (Å²) in [4.78, 5) is 2.33. The predicted molar refractivity (Wildman–Crippen MR) is 124 cm³/mol. The van der Waals surface area contributed by atoms with Crippen molar-refractivity contribution in [2.75, 3.05) is 20.1 Å². The predicted octanol–water partition coefficient (Wildman–Crippen LogP) is 5.15. The zero-order valence-corrected chi connectivity index (χ0v) is 19.4. The van der Waals surface area contributed by atoms with E-state index in [1.165, 1.54) is 0 Å². The van der Waals surface area contributed by atoms with E-state index in [0.717, 1.165) is 48.2 Å². The average Bonchev–Trinajstić information content (AvgIpc) is 2.92. The van der Waals surface area contributed by atoms with Gasteiger partial charge in [0.05, 0.1) is 14.9 Å². The molecule has 0 radical (unpaired) electrons. The third-order valence-corrected chi connectivity index (χ3v) is 8.26. The SMILES string of the molecule is CN1CCc2cc(O)c(S(=O)(=O)c3ccc(Cc4ccc(Cl)c(Cl)c4)cc3)cc2CC1. The summed E-state index contributed by atoms with van der Waals surface area (Å²) >= 11 is 12.0. The Balaban J connectivity index is 1.61. The molecular formula is C24H23Cl2NO3S. The number of rotatable bonds is 4. The van der Waals surface area contributed by atoms with Crippen molar-refractivity contribution in [2.45, 2.75) is 29.1 Å². The highest BCUT2D eigenvalue weighted by Crippen LogP contribution is 2.33. The quantitative estimate of drug-likeness (QED) is 0.566. The van der Waals surface area contributed by atoms with Gasteiger partial charge in [0.15, 0.2) is 0 Å². The van der Waals surface area contributed by atoms with Crippen molar-refractivity contribution >= 4 is 33.0 Å². The third-order valence-electron chi connectivity index (χ3n) is 5.72. The fourth-order valence-corrected chi connectivity index (χ4v) is 5.57. The van der Waals surface area contributed by atoms with Crippen LogP contribution in [0.15, 0.2) is 64.4 Å². The Hall–Kier alpha value is -2.05. The first-order chi connectivity index (χ1) is 14.7. The molecule has 0 amide bonds. The number of phenols is 1. The van der Waals surface area contributed by atoms with E-state index in [2.05, 4.69) is 4.90 Å². The molecule has 0 unspecified atom stereocenters. The number of benzene rings is 3. The minimum atomic E-state index is -3.83. The lowest BCUT2D eigenvalue weighted by Crippen LogP contribution is -2.20. The highest BCUT2D eigenvalue weighted by molar-refractivity contribution is 7.91. The molecule has 1 N–H and O–H groups in total. The lowest BCUT2D eigenvalue weighted by atomic mass is 10.0. The largest absolute Gasteiger partial charge is 0.507 e. The molecule has 0 saturated heterocycles. The molecule has 3 aromatic rings. The summed E-state index contributed by atoms with van der Waals surface area (Å²) in [5.41, 5.74) is 3.93. The van der Waals surface area contributed by atoms with Crippen LogP contribution in [0.2, 0.25) is 10.0 Å². The van der Waals surface area contributed by atoms with Gasteiger partial charge in [0.25, 0.3) is 0 Å². The summed E-state index contributed by atoms with van der Waals surface area (Å²) in [6, 6.07) is 15.4. The monoisotopic (exact) mass is 475 g/mol. The molecule has 0 aliphatic carbocycles. The molecular weight excluding hydrogens is 453 g/mol. The van der Waals surface area contributed by atoms with Crippen LogP contribution in [0.25, 0.3) is 0 Å². The molecule has 4 rings (SSSR count). The van der Waals surface area contributed by atoms with E-state index in [-0.39, 0.29) is 15.5 Å². The standard InChI is InChI=1S/C24H23Cl2NO3S/c1-27-10-8-18-14-23(28)24(15-19(18)9-11-27)31(29,30)20-5-2-16(3-6-20)12-17-4-7-21(25)22(26)13-17/h2-7,13-15,28H,8-12H2,1H3. The van der Waals surface area contributed by atoms with Crippen molar-refractivity contribution < 1.29 is 13.5 Å². The van der Waals surface area contributed by atoms with Crippen LogP contribution in [-0.4, -0.2) is 38.6 Å². The van der Waals surface area contributed by atoms with Gasteiger partial charge in [0.2, 0.25) is 9.84 Å². The van der Waals surface area contributed by atoms with Gasteiger partial charge >= 0.3 is 0 Å². The van der Waals surface area contributed by atoms with Crippen LogP contribution in [0, 0.1) is 0 Å². The fraction of sp³-hybridized carbons (Fsp3) is 0.250. The van der Waals surface area contributed by atoms with Gasteiger partial charge in [-0.1, -0.05) is 41.4 Å². The topological polar surface area (TPSA) is 57.6 Å². The Bertz CT molecular complexity index is 1220. The molecule has 0 atom stereocenters. The number of hydrogen-bond donors (Lipinski definition) is 1. The van der Waals surface area contributed by atoms with Crippen molar-refractivity contribution in [1.82, 2.24) is 4.90 Å². The Morgan fingerprint density at radius 3 is 2.13 bits per heavy atom. The van der Waals surface area contributed by atoms with Crippen molar-refractivity contribution in [3.8, 4) is 5.75 Å². The molecule has 1 heterocycles. The first-order valence-corrected chi connectivity index (χ1v) is 12.3. The summed E-state index contributed by atoms with van der Waals surface area (Å²) in [7, 11) is -1.79. The lowest BCUT2D eigenvalue weighted by molar-refractivity contribution is 0.352. The van der Waals surface area contributed by atoms with Gasteiger partial charge in [-0.25, -0.2) is 8.42 Å². The Morgan fingerprint density at radius 2 is 1.48 bits per heavy atom. The fourth-order valence-electron chi connectivity index (χ4n) is 3.87. The Labute approximate surface area is 193 Å². The van der Waals surface area contributed by atoms with E-state index >= 15 is 0 Å². The molecule has 7 heteroatoms.